The van der Waals surface area contributed by atoms with Crippen LogP contribution in [0.3, 0.4) is 0 Å². The number of aliphatic carboxylic acids is 1. The van der Waals surface area contributed by atoms with E-state index < -0.39 is 11.5 Å². The summed E-state index contributed by atoms with van der Waals surface area (Å²) in [5, 5.41) is 18.1. The lowest BCUT2D eigenvalue weighted by Gasteiger charge is -2.24. The number of nitrogens with zero attached hydrogens (tertiary/aromatic N) is 2. The number of amides is 1. The van der Waals surface area contributed by atoms with Gasteiger partial charge in [-0.1, -0.05) is 6.92 Å². The van der Waals surface area contributed by atoms with Crippen molar-refractivity contribution in [3.8, 4) is 0 Å². The fourth-order valence-electron chi connectivity index (χ4n) is 2.16. The van der Waals surface area contributed by atoms with Crippen molar-refractivity contribution in [1.29, 1.82) is 0 Å². The maximum atomic E-state index is 12.2. The van der Waals surface area contributed by atoms with Gasteiger partial charge in [0.1, 0.15) is 5.54 Å². The molecule has 1 aromatic carbocycles. The average molecular weight is 303 g/mol. The number of anilines is 1. The molecule has 1 aliphatic heterocycles. The number of nitrogens with one attached hydrogen (secondary N) is 1. The number of carbonyl (C=O) groups is 2. The van der Waals surface area contributed by atoms with Gasteiger partial charge in [-0.15, -0.1) is 0 Å². The summed E-state index contributed by atoms with van der Waals surface area (Å²) in [5.74, 6) is -1.43. The highest BCUT2D eigenvalue weighted by atomic mass is 16.4. The van der Waals surface area contributed by atoms with E-state index in [9.17, 15) is 14.7 Å². The standard InChI is InChI=1S/C16H21N3O3/c1-4-16(3,15(21)22)17-14(20)12-5-7-13(8-6-12)19-10-9-11(2)18-19/h5-8H,4,9-10H2,1-3H3,(H,17,20)(H,21,22). The summed E-state index contributed by atoms with van der Waals surface area (Å²) in [5.41, 5.74) is 1.18. The Hall–Kier alpha value is -2.37. The molecular formula is C16H21N3O3. The van der Waals surface area contributed by atoms with E-state index in [1.54, 1.807) is 19.1 Å². The first-order valence-electron chi connectivity index (χ1n) is 7.33. The minimum absolute atomic E-state index is 0.313. The minimum Gasteiger partial charge on any atom is -0.480 e. The quantitative estimate of drug-likeness (QED) is 0.874. The predicted molar refractivity (Wildman–Crippen MR) is 85.3 cm³/mol. The summed E-state index contributed by atoms with van der Waals surface area (Å²) in [4.78, 5) is 23.4. The smallest absolute Gasteiger partial charge is 0.329 e. The van der Waals surface area contributed by atoms with Crippen LogP contribution in [0.15, 0.2) is 29.4 Å². The molecule has 1 aromatic rings. The van der Waals surface area contributed by atoms with Crippen LogP contribution in [0, 0.1) is 0 Å². The summed E-state index contributed by atoms with van der Waals surface area (Å²) in [6, 6.07) is 7.01. The zero-order valence-corrected chi connectivity index (χ0v) is 13.1. The molecule has 0 spiro atoms. The van der Waals surface area contributed by atoms with Crippen LogP contribution >= 0.6 is 0 Å². The van der Waals surface area contributed by atoms with Gasteiger partial charge >= 0.3 is 5.97 Å². The van der Waals surface area contributed by atoms with Crippen LogP contribution in [-0.4, -0.2) is 34.8 Å². The number of hydrogen-bond donors (Lipinski definition) is 2. The molecular weight excluding hydrogens is 282 g/mol. The molecule has 0 aliphatic carbocycles. The number of carboxylic acid groups (broad SMARTS) is 1. The Morgan fingerprint density at radius 3 is 2.45 bits per heavy atom. The molecule has 0 fully saturated rings. The van der Waals surface area contributed by atoms with Gasteiger partial charge in [0.05, 0.1) is 5.69 Å². The summed E-state index contributed by atoms with van der Waals surface area (Å²) >= 11 is 0. The van der Waals surface area contributed by atoms with Crippen molar-refractivity contribution < 1.29 is 14.7 Å². The third kappa shape index (κ3) is 3.27. The predicted octanol–water partition coefficient (Wildman–Crippen LogP) is 2.26. The summed E-state index contributed by atoms with van der Waals surface area (Å²) in [6.45, 7) is 6.05. The van der Waals surface area contributed by atoms with Gasteiger partial charge in [-0.25, -0.2) is 4.79 Å². The zero-order chi connectivity index (χ0) is 16.3. The lowest BCUT2D eigenvalue weighted by Crippen LogP contribution is -2.51. The molecule has 0 aromatic heterocycles. The van der Waals surface area contributed by atoms with E-state index in [4.69, 9.17) is 0 Å². The molecule has 2 N–H and O–H groups in total. The van der Waals surface area contributed by atoms with E-state index in [2.05, 4.69) is 10.4 Å². The van der Waals surface area contributed by atoms with Gasteiger partial charge in [-0.3, -0.25) is 9.80 Å². The van der Waals surface area contributed by atoms with Gasteiger partial charge in [0.2, 0.25) is 0 Å². The first-order valence-corrected chi connectivity index (χ1v) is 7.33. The van der Waals surface area contributed by atoms with Crippen molar-refractivity contribution in [2.45, 2.75) is 39.2 Å². The van der Waals surface area contributed by atoms with E-state index in [-0.39, 0.29) is 5.91 Å². The number of carbonyl (C=O) groups excluding carboxylic acids is 1. The van der Waals surface area contributed by atoms with Crippen molar-refractivity contribution in [2.75, 3.05) is 11.6 Å². The molecule has 0 radical (unpaired) electrons. The highest BCUT2D eigenvalue weighted by molar-refractivity contribution is 5.98. The van der Waals surface area contributed by atoms with E-state index in [0.717, 1.165) is 24.4 Å². The first kappa shape index (κ1) is 16.0. The molecule has 22 heavy (non-hydrogen) atoms. The topological polar surface area (TPSA) is 82.0 Å². The van der Waals surface area contributed by atoms with E-state index in [1.165, 1.54) is 6.92 Å². The molecule has 2 rings (SSSR count). The van der Waals surface area contributed by atoms with Crippen LogP contribution in [0.25, 0.3) is 0 Å². The SMILES string of the molecule is CCC(C)(NC(=O)c1ccc(N2CCC(C)=N2)cc1)C(=O)O. The second kappa shape index (κ2) is 6.17. The fourth-order valence-corrected chi connectivity index (χ4v) is 2.16. The van der Waals surface area contributed by atoms with Crippen LogP contribution in [0.5, 0.6) is 0 Å². The third-order valence-corrected chi connectivity index (χ3v) is 3.97. The number of hydrogen-bond acceptors (Lipinski definition) is 4. The molecule has 6 nitrogen and oxygen atoms in total. The first-order chi connectivity index (χ1) is 10.4. The molecule has 0 saturated heterocycles. The molecule has 1 atom stereocenters. The van der Waals surface area contributed by atoms with Crippen molar-refractivity contribution in [3.05, 3.63) is 29.8 Å². The van der Waals surface area contributed by atoms with Crippen LogP contribution < -0.4 is 10.3 Å². The van der Waals surface area contributed by atoms with Gasteiger partial charge < -0.3 is 10.4 Å². The lowest BCUT2D eigenvalue weighted by molar-refractivity contribution is -0.143. The van der Waals surface area contributed by atoms with E-state index in [1.807, 2.05) is 24.1 Å². The van der Waals surface area contributed by atoms with Gasteiger partial charge in [-0.05, 0) is 44.5 Å². The van der Waals surface area contributed by atoms with Crippen LogP contribution in [0.4, 0.5) is 5.69 Å². The second-order valence-electron chi connectivity index (χ2n) is 5.70. The Morgan fingerprint density at radius 2 is 2.00 bits per heavy atom. The number of rotatable bonds is 5. The number of carboxylic acids is 1. The van der Waals surface area contributed by atoms with Crippen LogP contribution in [0.2, 0.25) is 0 Å². The Balaban J connectivity index is 2.10. The molecule has 0 saturated carbocycles. The number of hydrazone groups is 1. The second-order valence-corrected chi connectivity index (χ2v) is 5.70. The fraction of sp³-hybridized carbons (Fsp3) is 0.438. The Labute approximate surface area is 129 Å². The van der Waals surface area contributed by atoms with Crippen LogP contribution in [0.1, 0.15) is 44.0 Å². The normalized spacial score (nSPS) is 16.9. The van der Waals surface area contributed by atoms with E-state index in [0.29, 0.717) is 12.0 Å². The molecule has 1 heterocycles. The van der Waals surface area contributed by atoms with Gasteiger partial charge in [-0.2, -0.15) is 5.10 Å². The molecule has 0 bridgehead atoms. The summed E-state index contributed by atoms with van der Waals surface area (Å²) < 4.78 is 0. The van der Waals surface area contributed by atoms with Crippen molar-refractivity contribution >= 4 is 23.3 Å². The largest absolute Gasteiger partial charge is 0.480 e. The Morgan fingerprint density at radius 1 is 1.36 bits per heavy atom. The van der Waals surface area contributed by atoms with Gasteiger partial charge in [0.25, 0.3) is 5.91 Å². The third-order valence-electron chi connectivity index (χ3n) is 3.97. The summed E-state index contributed by atoms with van der Waals surface area (Å²) in [6.07, 6.45) is 1.25. The maximum absolute atomic E-state index is 12.2. The maximum Gasteiger partial charge on any atom is 0.329 e. The zero-order valence-electron chi connectivity index (χ0n) is 13.1. The van der Waals surface area contributed by atoms with Crippen molar-refractivity contribution in [2.24, 2.45) is 5.10 Å². The van der Waals surface area contributed by atoms with Gasteiger partial charge in [0, 0.05) is 24.2 Å². The van der Waals surface area contributed by atoms with Crippen LogP contribution in [-0.2, 0) is 4.79 Å². The van der Waals surface area contributed by atoms with E-state index >= 15 is 0 Å². The monoisotopic (exact) mass is 303 g/mol. The molecule has 1 aliphatic rings. The highest BCUT2D eigenvalue weighted by Crippen LogP contribution is 2.20. The highest BCUT2D eigenvalue weighted by Gasteiger charge is 2.33. The molecule has 1 amide bonds. The van der Waals surface area contributed by atoms with Crippen molar-refractivity contribution in [1.82, 2.24) is 5.32 Å². The lowest BCUT2D eigenvalue weighted by atomic mass is 9.98. The Kier molecular flexibility index (Phi) is 4.49. The Bertz CT molecular complexity index is 610. The molecule has 118 valence electrons. The van der Waals surface area contributed by atoms with Crippen molar-refractivity contribution in [3.63, 3.8) is 0 Å². The minimum atomic E-state index is -1.26. The van der Waals surface area contributed by atoms with Gasteiger partial charge in [0.15, 0.2) is 0 Å². The molecule has 1 unspecified atom stereocenters. The number of benzene rings is 1. The summed E-state index contributed by atoms with van der Waals surface area (Å²) in [7, 11) is 0. The molecule has 6 heteroatoms. The average Bonchev–Trinajstić information content (AvgIpc) is 2.93.